The van der Waals surface area contributed by atoms with Gasteiger partial charge in [-0.3, -0.25) is 4.79 Å². The molecule has 0 aliphatic heterocycles. The Morgan fingerprint density at radius 1 is 1.05 bits per heavy atom. The summed E-state index contributed by atoms with van der Waals surface area (Å²) in [6, 6.07) is 14.5. The molecule has 5 nitrogen and oxygen atoms in total. The molecule has 2 rings (SSSR count). The van der Waals surface area contributed by atoms with Crippen molar-refractivity contribution in [1.29, 1.82) is 0 Å². The van der Waals surface area contributed by atoms with Crippen LogP contribution in [-0.4, -0.2) is 26.2 Å². The quantitative estimate of drug-likeness (QED) is 0.887. The molecular weight excluding hydrogens is 282 g/mol. The maximum Gasteiger partial charge on any atom is 0.253 e. The van der Waals surface area contributed by atoms with E-state index in [0.29, 0.717) is 22.9 Å². The summed E-state index contributed by atoms with van der Waals surface area (Å²) in [4.78, 5) is 11.9. The molecule has 0 aliphatic rings. The van der Waals surface area contributed by atoms with Gasteiger partial charge in [0.05, 0.1) is 12.8 Å². The Morgan fingerprint density at radius 2 is 1.77 bits per heavy atom. The smallest absolute Gasteiger partial charge is 0.253 e. The van der Waals surface area contributed by atoms with E-state index in [-0.39, 0.29) is 5.91 Å². The first-order chi connectivity index (χ1) is 10.6. The number of carbonyl (C=O) groups excluding carboxylic acids is 1. The van der Waals surface area contributed by atoms with E-state index in [2.05, 4.69) is 5.32 Å². The number of carbonyl (C=O) groups is 1. The highest BCUT2D eigenvalue weighted by molar-refractivity contribution is 5.95. The Kier molecular flexibility index (Phi) is 5.38. The van der Waals surface area contributed by atoms with E-state index < -0.39 is 6.10 Å². The van der Waals surface area contributed by atoms with Crippen LogP contribution in [0.2, 0.25) is 0 Å². The van der Waals surface area contributed by atoms with Gasteiger partial charge < -0.3 is 19.5 Å². The largest absolute Gasteiger partial charge is 0.497 e. The van der Waals surface area contributed by atoms with Gasteiger partial charge in [-0.15, -0.1) is 0 Å². The van der Waals surface area contributed by atoms with Crippen LogP contribution < -0.4 is 14.8 Å². The molecule has 0 aliphatic carbocycles. The van der Waals surface area contributed by atoms with E-state index in [9.17, 15) is 4.79 Å². The molecule has 0 aromatic heterocycles. The predicted molar refractivity (Wildman–Crippen MR) is 84.6 cm³/mol. The lowest BCUT2D eigenvalue weighted by Gasteiger charge is -2.14. The zero-order valence-corrected chi connectivity index (χ0v) is 12.8. The van der Waals surface area contributed by atoms with Crippen LogP contribution in [0.25, 0.3) is 0 Å². The van der Waals surface area contributed by atoms with Gasteiger partial charge in [0.1, 0.15) is 17.6 Å². The molecule has 1 amide bonds. The summed E-state index contributed by atoms with van der Waals surface area (Å²) in [5.41, 5.74) is 0.583. The van der Waals surface area contributed by atoms with E-state index in [4.69, 9.17) is 14.2 Å². The fraction of sp³-hybridized carbons (Fsp3) is 0.235. The molecule has 2 aromatic carbocycles. The molecule has 0 fully saturated rings. The lowest BCUT2D eigenvalue weighted by atomic mass is 10.2. The van der Waals surface area contributed by atoms with E-state index >= 15 is 0 Å². The highest BCUT2D eigenvalue weighted by Crippen LogP contribution is 2.31. The first-order valence-electron chi connectivity index (χ1n) is 6.88. The normalized spacial score (nSPS) is 11.6. The van der Waals surface area contributed by atoms with Crippen LogP contribution >= 0.6 is 0 Å². The van der Waals surface area contributed by atoms with Crippen molar-refractivity contribution in [2.75, 3.05) is 19.5 Å². The number of benzene rings is 2. The maximum atomic E-state index is 11.9. The second-order valence-corrected chi connectivity index (χ2v) is 4.64. The average Bonchev–Trinajstić information content (AvgIpc) is 2.56. The molecule has 1 N–H and O–H groups in total. The minimum absolute atomic E-state index is 0.232. The number of anilines is 1. The van der Waals surface area contributed by atoms with Gasteiger partial charge in [0.2, 0.25) is 0 Å². The van der Waals surface area contributed by atoms with Crippen molar-refractivity contribution < 1.29 is 19.0 Å². The summed E-state index contributed by atoms with van der Waals surface area (Å²) < 4.78 is 16.0. The molecule has 0 spiro atoms. The fourth-order valence-corrected chi connectivity index (χ4v) is 1.79. The Bertz CT molecular complexity index is 642. The molecule has 0 bridgehead atoms. The molecule has 1 unspecified atom stereocenters. The summed E-state index contributed by atoms with van der Waals surface area (Å²) in [7, 11) is 3.09. The zero-order chi connectivity index (χ0) is 15.9. The number of para-hydroxylation sites is 2. The minimum atomic E-state index is -0.537. The SMILES string of the molecule is COc1cccc(Oc2ccccc2NC(=O)C(C)OC)c1. The van der Waals surface area contributed by atoms with Gasteiger partial charge in [0, 0.05) is 13.2 Å². The van der Waals surface area contributed by atoms with Gasteiger partial charge in [-0.05, 0) is 31.2 Å². The summed E-state index contributed by atoms with van der Waals surface area (Å²) in [5, 5.41) is 2.79. The number of methoxy groups -OCH3 is 2. The molecule has 0 saturated heterocycles. The lowest BCUT2D eigenvalue weighted by molar-refractivity contribution is -0.124. The molecule has 5 heteroatoms. The van der Waals surface area contributed by atoms with E-state index in [0.717, 1.165) is 0 Å². The molecule has 116 valence electrons. The predicted octanol–water partition coefficient (Wildman–Crippen LogP) is 3.46. The van der Waals surface area contributed by atoms with Crippen LogP contribution in [0.4, 0.5) is 5.69 Å². The minimum Gasteiger partial charge on any atom is -0.497 e. The third-order valence-electron chi connectivity index (χ3n) is 3.14. The van der Waals surface area contributed by atoms with E-state index in [1.165, 1.54) is 7.11 Å². The van der Waals surface area contributed by atoms with Crippen molar-refractivity contribution in [1.82, 2.24) is 0 Å². The van der Waals surface area contributed by atoms with E-state index in [1.807, 2.05) is 30.3 Å². The highest BCUT2D eigenvalue weighted by Gasteiger charge is 2.14. The number of rotatable bonds is 6. The van der Waals surface area contributed by atoms with Crippen LogP contribution in [-0.2, 0) is 9.53 Å². The first kappa shape index (κ1) is 15.9. The Hall–Kier alpha value is -2.53. The first-order valence-corrected chi connectivity index (χ1v) is 6.88. The molecule has 0 heterocycles. The van der Waals surface area contributed by atoms with Crippen molar-refractivity contribution in [2.24, 2.45) is 0 Å². The Balaban J connectivity index is 2.19. The van der Waals surface area contributed by atoms with Gasteiger partial charge in [0.15, 0.2) is 5.75 Å². The number of nitrogens with one attached hydrogen (secondary N) is 1. The molecule has 22 heavy (non-hydrogen) atoms. The van der Waals surface area contributed by atoms with E-state index in [1.54, 1.807) is 32.2 Å². The van der Waals surface area contributed by atoms with Crippen LogP contribution in [0.15, 0.2) is 48.5 Å². The second-order valence-electron chi connectivity index (χ2n) is 4.64. The van der Waals surface area contributed by atoms with Crippen LogP contribution in [0.3, 0.4) is 0 Å². The summed E-state index contributed by atoms with van der Waals surface area (Å²) in [6.07, 6.45) is -0.537. The topological polar surface area (TPSA) is 56.8 Å². The summed E-state index contributed by atoms with van der Waals surface area (Å²) >= 11 is 0. The number of hydrogen-bond acceptors (Lipinski definition) is 4. The van der Waals surface area contributed by atoms with Crippen molar-refractivity contribution in [3.63, 3.8) is 0 Å². The van der Waals surface area contributed by atoms with Crippen molar-refractivity contribution in [3.05, 3.63) is 48.5 Å². The second kappa shape index (κ2) is 7.47. The molecule has 1 atom stereocenters. The molecule has 0 radical (unpaired) electrons. The molecular formula is C17H19NO4. The zero-order valence-electron chi connectivity index (χ0n) is 12.8. The standard InChI is InChI=1S/C17H19NO4/c1-12(20-2)17(19)18-15-9-4-5-10-16(15)22-14-8-6-7-13(11-14)21-3/h4-12H,1-3H3,(H,18,19). The Morgan fingerprint density at radius 3 is 2.50 bits per heavy atom. The van der Waals surface area contributed by atoms with Crippen LogP contribution in [0.5, 0.6) is 17.2 Å². The van der Waals surface area contributed by atoms with Gasteiger partial charge in [0.25, 0.3) is 5.91 Å². The lowest BCUT2D eigenvalue weighted by Crippen LogP contribution is -2.26. The van der Waals surface area contributed by atoms with Gasteiger partial charge >= 0.3 is 0 Å². The molecule has 2 aromatic rings. The van der Waals surface area contributed by atoms with Crippen LogP contribution in [0, 0.1) is 0 Å². The van der Waals surface area contributed by atoms with Crippen molar-refractivity contribution in [2.45, 2.75) is 13.0 Å². The van der Waals surface area contributed by atoms with Gasteiger partial charge in [-0.25, -0.2) is 0 Å². The highest BCUT2D eigenvalue weighted by atomic mass is 16.5. The van der Waals surface area contributed by atoms with Crippen LogP contribution in [0.1, 0.15) is 6.92 Å². The third-order valence-corrected chi connectivity index (χ3v) is 3.14. The monoisotopic (exact) mass is 301 g/mol. The molecule has 0 saturated carbocycles. The summed E-state index contributed by atoms with van der Waals surface area (Å²) in [6.45, 7) is 1.68. The van der Waals surface area contributed by atoms with Crippen molar-refractivity contribution >= 4 is 11.6 Å². The maximum absolute atomic E-state index is 11.9. The summed E-state index contributed by atoms with van der Waals surface area (Å²) in [5.74, 6) is 1.64. The number of amides is 1. The fourth-order valence-electron chi connectivity index (χ4n) is 1.79. The van der Waals surface area contributed by atoms with Gasteiger partial charge in [-0.2, -0.15) is 0 Å². The Labute approximate surface area is 129 Å². The average molecular weight is 301 g/mol. The van der Waals surface area contributed by atoms with Gasteiger partial charge in [-0.1, -0.05) is 18.2 Å². The number of ether oxygens (including phenoxy) is 3. The third kappa shape index (κ3) is 3.99. The number of hydrogen-bond donors (Lipinski definition) is 1. The van der Waals surface area contributed by atoms with Crippen molar-refractivity contribution in [3.8, 4) is 17.2 Å².